The fourth-order valence-corrected chi connectivity index (χ4v) is 8.49. The molecule has 8 nitrogen and oxygen atoms in total. The van der Waals surface area contributed by atoms with Crippen LogP contribution in [0.1, 0.15) is 81.7 Å². The van der Waals surface area contributed by atoms with Crippen molar-refractivity contribution in [2.24, 2.45) is 0 Å². The van der Waals surface area contributed by atoms with Crippen molar-refractivity contribution in [2.45, 2.75) is 70.9 Å². The maximum atomic E-state index is 6.60. The van der Waals surface area contributed by atoms with E-state index in [4.69, 9.17) is 11.6 Å². The Morgan fingerprint density at radius 3 is 1.06 bits per heavy atom. The number of rotatable bonds is 7. The van der Waals surface area contributed by atoms with Gasteiger partial charge in [-0.1, -0.05) is 121 Å². The van der Waals surface area contributed by atoms with Gasteiger partial charge >= 0.3 is 0 Å². The van der Waals surface area contributed by atoms with Crippen molar-refractivity contribution in [2.75, 3.05) is 52.4 Å². The molecule has 2 aliphatic rings. The number of hydrogen-bond donors (Lipinski definition) is 4. The van der Waals surface area contributed by atoms with Gasteiger partial charge in [0.05, 0.1) is 0 Å². The van der Waals surface area contributed by atoms with E-state index < -0.39 is 0 Å². The lowest BCUT2D eigenvalue weighted by atomic mass is 9.84. The van der Waals surface area contributed by atoms with Crippen LogP contribution >= 0.6 is 113 Å². The van der Waals surface area contributed by atoms with Crippen LogP contribution < -0.4 is 21.3 Å². The molecule has 358 valence electrons. The van der Waals surface area contributed by atoms with Crippen molar-refractivity contribution in [3.8, 4) is 0 Å². The molecule has 0 radical (unpaired) electrons. The molecule has 0 aliphatic carbocycles. The molecule has 0 saturated heterocycles. The van der Waals surface area contributed by atoms with Gasteiger partial charge in [0, 0.05) is 50.2 Å². The van der Waals surface area contributed by atoms with Crippen LogP contribution in [0.4, 0.5) is 0 Å². The number of fused-ring (bicyclic) bond motifs is 4. The highest BCUT2D eigenvalue weighted by Crippen LogP contribution is 2.34. The van der Waals surface area contributed by atoms with Crippen molar-refractivity contribution in [3.05, 3.63) is 176 Å². The normalized spacial score (nSPS) is 15.3. The average Bonchev–Trinajstić information content (AvgIpc) is 3.21. The van der Waals surface area contributed by atoms with Crippen LogP contribution in [0.2, 0.25) is 5.02 Å². The molecule has 5 aromatic carbocycles. The third kappa shape index (κ3) is 21.5. The topological polar surface area (TPSA) is 118 Å². The summed E-state index contributed by atoms with van der Waals surface area (Å²) >= 11 is 6.60. The third-order valence-corrected chi connectivity index (χ3v) is 11.5. The Bertz CT molecular complexity index is 1780. The van der Waals surface area contributed by atoms with Crippen molar-refractivity contribution in [1.82, 2.24) is 31.1 Å². The van der Waals surface area contributed by atoms with Crippen LogP contribution in [0.5, 0.6) is 0 Å². The molecule has 2 aliphatic heterocycles. The summed E-state index contributed by atoms with van der Waals surface area (Å²) in [4.78, 5) is 5.25. The predicted octanol–water partition coefficient (Wildman–Crippen LogP) is 10.3. The Labute approximate surface area is 451 Å². The maximum Gasteiger partial charge on any atom is 0.0409 e. The highest BCUT2D eigenvalue weighted by Gasteiger charge is 2.18. The number of nitrogens with one attached hydrogen (secondary N) is 4. The lowest BCUT2D eigenvalue weighted by Gasteiger charge is -2.25. The number of halogens is 7. The Morgan fingerprint density at radius 1 is 0.406 bits per heavy atom. The molecule has 8 N–H and O–H groups in total. The van der Waals surface area contributed by atoms with Crippen LogP contribution in [0.15, 0.2) is 121 Å². The largest absolute Gasteiger partial charge is 0.412 e. The summed E-state index contributed by atoms with van der Waals surface area (Å²) in [5, 5.41) is 15.4. The second-order valence-electron chi connectivity index (χ2n) is 15.8. The van der Waals surface area contributed by atoms with E-state index in [0.29, 0.717) is 0 Å². The average molecular weight is 1290 g/mol. The summed E-state index contributed by atoms with van der Waals surface area (Å²) in [5.41, 5.74) is 12.0. The molecule has 4 bridgehead atoms. The Hall–Kier alpha value is -1.05. The first kappa shape index (κ1) is 65.0. The van der Waals surface area contributed by atoms with Gasteiger partial charge in [0.1, 0.15) is 0 Å². The van der Waals surface area contributed by atoms with E-state index in [9.17, 15) is 0 Å². The highest BCUT2D eigenvalue weighted by molar-refractivity contribution is 8.93. The zero-order chi connectivity index (χ0) is 38.2. The number of nitrogens with zero attached hydrogens (tertiary/aromatic N) is 2. The number of hydrogen-bond acceptors (Lipinski definition) is 6. The molecule has 5 aromatic rings. The molecule has 0 saturated carbocycles. The molecule has 7 rings (SSSR count). The first-order chi connectivity index (χ1) is 27.6. The van der Waals surface area contributed by atoms with Gasteiger partial charge in [-0.25, -0.2) is 0 Å². The minimum absolute atomic E-state index is 0. The lowest BCUT2D eigenvalue weighted by Crippen LogP contribution is -2.30. The van der Waals surface area contributed by atoms with E-state index in [1.165, 1.54) is 50.1 Å². The van der Waals surface area contributed by atoms with Gasteiger partial charge < -0.3 is 32.2 Å². The Kier molecular flexibility index (Phi) is 36.6. The molecule has 0 spiro atoms. The van der Waals surface area contributed by atoms with Crippen LogP contribution in [0.25, 0.3) is 0 Å². The van der Waals surface area contributed by atoms with Crippen molar-refractivity contribution >= 4 is 113 Å². The first-order valence-corrected chi connectivity index (χ1v) is 21.4. The summed E-state index contributed by atoms with van der Waals surface area (Å²) in [6.45, 7) is 14.1. The van der Waals surface area contributed by atoms with Crippen molar-refractivity contribution < 1.29 is 11.0 Å². The quantitative estimate of drug-likeness (QED) is 0.121. The summed E-state index contributed by atoms with van der Waals surface area (Å²) in [7, 11) is 0. The standard InChI is InChI=1S/C49H61ClN6.6BrH.2H2O/c50-48-13-3-12-47(32-48)49(45-18-14-39(15-19-45)37-55-26-4-22-51-33-41-8-1-9-42(30-41)34-52-23-5-27-55)46-20-16-40(17-21-46)38-56-28-6-24-53-35-43-10-2-11-44(31-43)36-54-25-7-29-56;;;;;;;;/h1-3,8-21,30-32,49,51-54H,4-7,22-29,33-38H2;6*1H;2*1H2. The number of benzene rings is 5. The summed E-state index contributed by atoms with van der Waals surface area (Å²) in [6, 6.07) is 45.1. The van der Waals surface area contributed by atoms with Gasteiger partial charge in [0.15, 0.2) is 0 Å². The van der Waals surface area contributed by atoms with E-state index in [0.717, 1.165) is 122 Å². The van der Waals surface area contributed by atoms with E-state index in [-0.39, 0.29) is 119 Å². The van der Waals surface area contributed by atoms with E-state index in [2.05, 4.69) is 146 Å². The molecule has 15 heteroatoms. The molecule has 0 amide bonds. The summed E-state index contributed by atoms with van der Waals surface area (Å²) < 4.78 is 0. The summed E-state index contributed by atoms with van der Waals surface area (Å²) in [5.74, 6) is 0.106. The SMILES string of the molecule is Br.Br.Br.Br.Br.Br.Clc1cccc(C(c2ccc(CN3CCCNCc4cccc(c4)CNCCC3)cc2)c2ccc(CN3CCCNCc4cccc(c4)CNCCC3)cc2)c1.O.O. The molecule has 2 heterocycles. The molecule has 0 atom stereocenters. The van der Waals surface area contributed by atoms with Crippen LogP contribution in [0, 0.1) is 0 Å². The molecule has 0 fully saturated rings. The van der Waals surface area contributed by atoms with Gasteiger partial charge in [-0.2, -0.15) is 0 Å². The van der Waals surface area contributed by atoms with Crippen LogP contribution in [0.3, 0.4) is 0 Å². The minimum atomic E-state index is 0. The monoisotopic (exact) mass is 1280 g/mol. The minimum Gasteiger partial charge on any atom is -0.412 e. The second kappa shape index (κ2) is 36.0. The van der Waals surface area contributed by atoms with E-state index in [1.807, 2.05) is 6.07 Å². The fraction of sp³-hybridized carbons (Fsp3) is 0.388. The van der Waals surface area contributed by atoms with Crippen LogP contribution in [-0.4, -0.2) is 73.1 Å². The molecule has 0 aromatic heterocycles. The van der Waals surface area contributed by atoms with Crippen molar-refractivity contribution in [1.29, 1.82) is 0 Å². The predicted molar refractivity (Wildman–Crippen MR) is 303 cm³/mol. The first-order valence-electron chi connectivity index (χ1n) is 21.0. The maximum absolute atomic E-state index is 6.60. The fourth-order valence-electron chi connectivity index (χ4n) is 8.29. The van der Waals surface area contributed by atoms with E-state index >= 15 is 0 Å². The van der Waals surface area contributed by atoms with Gasteiger partial charge in [0.25, 0.3) is 0 Å². The third-order valence-electron chi connectivity index (χ3n) is 11.2. The van der Waals surface area contributed by atoms with Gasteiger partial charge in [-0.3, -0.25) is 9.80 Å². The van der Waals surface area contributed by atoms with Gasteiger partial charge in [-0.15, -0.1) is 102 Å². The summed E-state index contributed by atoms with van der Waals surface area (Å²) in [6.07, 6.45) is 4.55. The Morgan fingerprint density at radius 2 is 0.734 bits per heavy atom. The zero-order valence-corrected chi connectivity index (χ0v) is 47.6. The Balaban J connectivity index is 0. The van der Waals surface area contributed by atoms with Crippen molar-refractivity contribution in [3.63, 3.8) is 0 Å². The zero-order valence-electron chi connectivity index (χ0n) is 36.6. The molecular weight excluding hydrogens is 1220 g/mol. The lowest BCUT2D eigenvalue weighted by molar-refractivity contribution is 0.256. The molecular formula is C49H71Br6ClN6O2. The van der Waals surface area contributed by atoms with Gasteiger partial charge in [0.2, 0.25) is 0 Å². The molecule has 0 unspecified atom stereocenters. The van der Waals surface area contributed by atoms with E-state index in [1.54, 1.807) is 0 Å². The highest BCUT2D eigenvalue weighted by atomic mass is 79.9. The van der Waals surface area contributed by atoms with Crippen LogP contribution in [-0.2, 0) is 39.3 Å². The molecule has 64 heavy (non-hydrogen) atoms. The van der Waals surface area contributed by atoms with Gasteiger partial charge in [-0.05, 0) is 140 Å². The second-order valence-corrected chi connectivity index (χ2v) is 16.2. The smallest absolute Gasteiger partial charge is 0.0409 e.